The fraction of sp³-hybridized carbons (Fsp3) is 0.364. The number of oxazole rings is 1. The topological polar surface area (TPSA) is 38.1 Å². The number of hydrogen-bond donors (Lipinski definition) is 1. The fourth-order valence-corrected chi connectivity index (χ4v) is 1.99. The van der Waals surface area contributed by atoms with Crippen LogP contribution in [0.15, 0.2) is 28.2 Å². The predicted octanol–water partition coefficient (Wildman–Crippen LogP) is 2.55. The molecule has 1 unspecified atom stereocenters. The Morgan fingerprint density at radius 3 is 3.13 bits per heavy atom. The summed E-state index contributed by atoms with van der Waals surface area (Å²) >= 11 is 1.64. The Bertz CT molecular complexity index is 408. The van der Waals surface area contributed by atoms with E-state index in [9.17, 15) is 0 Å². The lowest BCUT2D eigenvalue weighted by atomic mass is 10.2. The molecular formula is C11H14N2OS. The number of nitrogens with one attached hydrogen (secondary N) is 1. The van der Waals surface area contributed by atoms with Crippen LogP contribution in [0.2, 0.25) is 0 Å². The van der Waals surface area contributed by atoms with Crippen molar-refractivity contribution in [3.05, 3.63) is 29.5 Å². The Hall–Kier alpha value is -1.13. The quantitative estimate of drug-likeness (QED) is 0.864. The summed E-state index contributed by atoms with van der Waals surface area (Å²) in [5.74, 6) is 0.725. The second-order valence-electron chi connectivity index (χ2n) is 3.52. The minimum absolute atomic E-state index is 0.422. The van der Waals surface area contributed by atoms with Crippen LogP contribution < -0.4 is 5.32 Å². The van der Waals surface area contributed by atoms with Gasteiger partial charge in [-0.2, -0.15) is 0 Å². The molecule has 0 saturated carbocycles. The molecule has 0 aromatic carbocycles. The fourth-order valence-electron chi connectivity index (χ4n) is 1.33. The van der Waals surface area contributed by atoms with Gasteiger partial charge in [-0.3, -0.25) is 0 Å². The Morgan fingerprint density at radius 1 is 1.60 bits per heavy atom. The third-order valence-electron chi connectivity index (χ3n) is 2.29. The molecule has 0 amide bonds. The van der Waals surface area contributed by atoms with E-state index in [0.29, 0.717) is 6.04 Å². The average Bonchev–Trinajstić information content (AvgIpc) is 2.85. The van der Waals surface area contributed by atoms with Crippen LogP contribution in [0.25, 0.3) is 10.8 Å². The van der Waals surface area contributed by atoms with Gasteiger partial charge in [0.2, 0.25) is 5.89 Å². The van der Waals surface area contributed by atoms with Gasteiger partial charge in [0.1, 0.15) is 6.26 Å². The van der Waals surface area contributed by atoms with Gasteiger partial charge in [-0.25, -0.2) is 4.98 Å². The van der Waals surface area contributed by atoms with Crippen LogP contribution in [0, 0.1) is 0 Å². The predicted molar refractivity (Wildman–Crippen MR) is 62.0 cm³/mol. The molecule has 1 N–H and O–H groups in total. The van der Waals surface area contributed by atoms with E-state index in [2.05, 4.69) is 17.2 Å². The van der Waals surface area contributed by atoms with Crippen molar-refractivity contribution in [1.82, 2.24) is 10.3 Å². The van der Waals surface area contributed by atoms with Crippen molar-refractivity contribution in [2.45, 2.75) is 19.4 Å². The van der Waals surface area contributed by atoms with Crippen molar-refractivity contribution in [1.29, 1.82) is 0 Å². The van der Waals surface area contributed by atoms with Gasteiger partial charge in [0.15, 0.2) is 0 Å². The van der Waals surface area contributed by atoms with E-state index in [1.807, 2.05) is 24.6 Å². The molecule has 2 rings (SSSR count). The number of nitrogens with zero attached hydrogens (tertiary/aromatic N) is 1. The number of hydrogen-bond acceptors (Lipinski definition) is 4. The van der Waals surface area contributed by atoms with Crippen LogP contribution in [-0.4, -0.2) is 18.1 Å². The molecule has 0 aliphatic heterocycles. The van der Waals surface area contributed by atoms with E-state index in [0.717, 1.165) is 22.9 Å². The minimum Gasteiger partial charge on any atom is -0.444 e. The monoisotopic (exact) mass is 222 g/mol. The van der Waals surface area contributed by atoms with Gasteiger partial charge in [-0.1, -0.05) is 6.07 Å². The Kier molecular flexibility index (Phi) is 3.18. The zero-order valence-corrected chi connectivity index (χ0v) is 9.67. The molecule has 0 bridgehead atoms. The first-order chi connectivity index (χ1) is 7.29. The first kappa shape index (κ1) is 10.4. The Morgan fingerprint density at radius 2 is 2.47 bits per heavy atom. The zero-order valence-electron chi connectivity index (χ0n) is 8.86. The molecule has 15 heavy (non-hydrogen) atoms. The summed E-state index contributed by atoms with van der Waals surface area (Å²) in [6.07, 6.45) is 2.63. The SMILES string of the molecule is CNC(C)Cc1coc(-c2cccs2)n1. The smallest absolute Gasteiger partial charge is 0.236 e. The average molecular weight is 222 g/mol. The maximum Gasteiger partial charge on any atom is 0.236 e. The summed E-state index contributed by atoms with van der Waals surface area (Å²) in [4.78, 5) is 5.53. The summed E-state index contributed by atoms with van der Waals surface area (Å²) in [6.45, 7) is 2.12. The van der Waals surface area contributed by atoms with Crippen LogP contribution in [0.5, 0.6) is 0 Å². The maximum atomic E-state index is 5.43. The molecule has 3 nitrogen and oxygen atoms in total. The number of thiophene rings is 1. The lowest BCUT2D eigenvalue weighted by Crippen LogP contribution is -2.23. The zero-order chi connectivity index (χ0) is 10.7. The standard InChI is InChI=1S/C11H14N2OS/c1-8(12-2)6-9-7-14-11(13-9)10-4-3-5-15-10/h3-5,7-8,12H,6H2,1-2H3. The van der Waals surface area contributed by atoms with E-state index in [-0.39, 0.29) is 0 Å². The van der Waals surface area contributed by atoms with Gasteiger partial charge in [-0.05, 0) is 25.4 Å². The van der Waals surface area contributed by atoms with Crippen molar-refractivity contribution >= 4 is 11.3 Å². The van der Waals surface area contributed by atoms with Crippen molar-refractivity contribution in [3.63, 3.8) is 0 Å². The van der Waals surface area contributed by atoms with E-state index >= 15 is 0 Å². The lowest BCUT2D eigenvalue weighted by Gasteiger charge is -2.05. The molecule has 0 saturated heterocycles. The van der Waals surface area contributed by atoms with Crippen molar-refractivity contribution in [2.75, 3.05) is 7.05 Å². The normalized spacial score (nSPS) is 12.9. The van der Waals surface area contributed by atoms with Gasteiger partial charge in [0, 0.05) is 12.5 Å². The van der Waals surface area contributed by atoms with Gasteiger partial charge in [0.25, 0.3) is 0 Å². The third-order valence-corrected chi connectivity index (χ3v) is 3.15. The first-order valence-corrected chi connectivity index (χ1v) is 5.83. The molecule has 2 aromatic rings. The first-order valence-electron chi connectivity index (χ1n) is 4.95. The lowest BCUT2D eigenvalue weighted by molar-refractivity contribution is 0.566. The highest BCUT2D eigenvalue weighted by Gasteiger charge is 2.09. The second kappa shape index (κ2) is 4.59. The summed E-state index contributed by atoms with van der Waals surface area (Å²) < 4.78 is 5.43. The van der Waals surface area contributed by atoms with Crippen LogP contribution in [0.3, 0.4) is 0 Å². The second-order valence-corrected chi connectivity index (χ2v) is 4.46. The molecule has 0 radical (unpaired) electrons. The third kappa shape index (κ3) is 2.46. The van der Waals surface area contributed by atoms with Crippen LogP contribution in [0.1, 0.15) is 12.6 Å². The molecule has 0 aliphatic carbocycles. The summed E-state index contributed by atoms with van der Waals surface area (Å²) in [7, 11) is 1.95. The van der Waals surface area contributed by atoms with E-state index in [4.69, 9.17) is 4.42 Å². The highest BCUT2D eigenvalue weighted by molar-refractivity contribution is 7.13. The number of likely N-dealkylation sites (N-methyl/N-ethyl adjacent to an activating group) is 1. The number of aromatic nitrogens is 1. The molecule has 0 spiro atoms. The van der Waals surface area contributed by atoms with Crippen LogP contribution >= 0.6 is 11.3 Å². The number of rotatable bonds is 4. The van der Waals surface area contributed by atoms with Crippen molar-refractivity contribution < 1.29 is 4.42 Å². The Balaban J connectivity index is 2.11. The minimum atomic E-state index is 0.422. The van der Waals surface area contributed by atoms with E-state index in [1.165, 1.54) is 0 Å². The molecular weight excluding hydrogens is 208 g/mol. The van der Waals surface area contributed by atoms with Gasteiger partial charge in [-0.15, -0.1) is 11.3 Å². The van der Waals surface area contributed by atoms with E-state index in [1.54, 1.807) is 17.6 Å². The summed E-state index contributed by atoms with van der Waals surface area (Å²) in [6, 6.07) is 4.44. The maximum absolute atomic E-state index is 5.43. The van der Waals surface area contributed by atoms with Gasteiger partial charge < -0.3 is 9.73 Å². The molecule has 80 valence electrons. The van der Waals surface area contributed by atoms with E-state index < -0.39 is 0 Å². The molecule has 4 heteroatoms. The summed E-state index contributed by atoms with van der Waals surface area (Å²) in [5.41, 5.74) is 1.00. The molecule has 2 heterocycles. The Labute approximate surface area is 93.2 Å². The van der Waals surface area contributed by atoms with Crippen LogP contribution in [0.4, 0.5) is 0 Å². The largest absolute Gasteiger partial charge is 0.444 e. The molecule has 0 fully saturated rings. The highest BCUT2D eigenvalue weighted by atomic mass is 32.1. The highest BCUT2D eigenvalue weighted by Crippen LogP contribution is 2.23. The van der Waals surface area contributed by atoms with Crippen molar-refractivity contribution in [3.8, 4) is 10.8 Å². The molecule has 1 atom stereocenters. The molecule has 2 aromatic heterocycles. The van der Waals surface area contributed by atoms with Gasteiger partial charge >= 0.3 is 0 Å². The van der Waals surface area contributed by atoms with Gasteiger partial charge in [0.05, 0.1) is 10.6 Å². The van der Waals surface area contributed by atoms with Crippen LogP contribution in [-0.2, 0) is 6.42 Å². The van der Waals surface area contributed by atoms with Crippen molar-refractivity contribution in [2.24, 2.45) is 0 Å². The summed E-state index contributed by atoms with van der Waals surface area (Å²) in [5, 5.41) is 5.20. The molecule has 0 aliphatic rings.